The quantitative estimate of drug-likeness (QED) is 0.536. The molecule has 62 valence electrons. The molecule has 1 saturated carbocycles. The maximum atomic E-state index is 11.2. The van der Waals surface area contributed by atoms with E-state index < -0.39 is 5.60 Å². The van der Waals surface area contributed by atoms with Crippen molar-refractivity contribution >= 4 is 5.78 Å². The number of hydrogen-bond donors (Lipinski definition) is 1. The lowest BCUT2D eigenvalue weighted by molar-refractivity contribution is -0.116. The van der Waals surface area contributed by atoms with Gasteiger partial charge in [-0.25, -0.2) is 0 Å². The van der Waals surface area contributed by atoms with Gasteiger partial charge in [-0.1, -0.05) is 5.57 Å². The van der Waals surface area contributed by atoms with Crippen LogP contribution in [0, 0.1) is 0 Å². The zero-order chi connectivity index (χ0) is 8.65. The fourth-order valence-corrected chi connectivity index (χ4v) is 1.45. The SMILES string of the molecule is CC(C)=C1C[C@](C)(O)CC1=O. The minimum Gasteiger partial charge on any atom is -0.389 e. The van der Waals surface area contributed by atoms with Crippen LogP contribution in [0.1, 0.15) is 33.6 Å². The van der Waals surface area contributed by atoms with E-state index in [1.165, 1.54) is 0 Å². The monoisotopic (exact) mass is 154 g/mol. The van der Waals surface area contributed by atoms with E-state index in [1.54, 1.807) is 6.92 Å². The van der Waals surface area contributed by atoms with Gasteiger partial charge in [0.2, 0.25) is 0 Å². The maximum absolute atomic E-state index is 11.2. The summed E-state index contributed by atoms with van der Waals surface area (Å²) in [6.45, 7) is 5.53. The van der Waals surface area contributed by atoms with Crippen molar-refractivity contribution in [3.63, 3.8) is 0 Å². The third-order valence-corrected chi connectivity index (χ3v) is 2.04. The molecule has 0 aromatic rings. The highest BCUT2D eigenvalue weighted by molar-refractivity contribution is 5.99. The van der Waals surface area contributed by atoms with E-state index in [1.807, 2.05) is 13.8 Å². The van der Waals surface area contributed by atoms with Crippen LogP contribution in [0.15, 0.2) is 11.1 Å². The van der Waals surface area contributed by atoms with Crippen LogP contribution in [0.5, 0.6) is 0 Å². The first kappa shape index (κ1) is 8.47. The van der Waals surface area contributed by atoms with Crippen molar-refractivity contribution in [2.75, 3.05) is 0 Å². The molecule has 1 aliphatic carbocycles. The van der Waals surface area contributed by atoms with Crippen molar-refractivity contribution in [3.05, 3.63) is 11.1 Å². The largest absolute Gasteiger partial charge is 0.389 e. The molecule has 0 heterocycles. The minimum absolute atomic E-state index is 0.106. The van der Waals surface area contributed by atoms with E-state index in [-0.39, 0.29) is 12.2 Å². The zero-order valence-electron chi connectivity index (χ0n) is 7.27. The van der Waals surface area contributed by atoms with Gasteiger partial charge in [-0.3, -0.25) is 4.79 Å². The Morgan fingerprint density at radius 3 is 2.18 bits per heavy atom. The molecule has 1 atom stereocenters. The first-order valence-electron chi connectivity index (χ1n) is 3.84. The normalized spacial score (nSPS) is 31.3. The lowest BCUT2D eigenvalue weighted by Gasteiger charge is -2.11. The Bertz CT molecular complexity index is 220. The Hall–Kier alpha value is -0.630. The molecule has 0 saturated heterocycles. The summed E-state index contributed by atoms with van der Waals surface area (Å²) in [7, 11) is 0. The number of Topliss-reactive ketones (excluding diaryl/α,β-unsaturated/α-hetero) is 1. The maximum Gasteiger partial charge on any atom is 0.161 e. The molecule has 0 unspecified atom stereocenters. The summed E-state index contributed by atoms with van der Waals surface area (Å²) < 4.78 is 0. The summed E-state index contributed by atoms with van der Waals surface area (Å²) >= 11 is 0. The molecule has 0 aliphatic heterocycles. The Morgan fingerprint density at radius 2 is 2.00 bits per heavy atom. The summed E-state index contributed by atoms with van der Waals surface area (Å²) in [4.78, 5) is 11.2. The molecule has 1 N–H and O–H groups in total. The molecular formula is C9H14O2. The summed E-state index contributed by atoms with van der Waals surface area (Å²) in [5.74, 6) is 0.106. The number of rotatable bonds is 0. The fourth-order valence-electron chi connectivity index (χ4n) is 1.45. The topological polar surface area (TPSA) is 37.3 Å². The molecule has 0 radical (unpaired) electrons. The Morgan fingerprint density at radius 1 is 1.45 bits per heavy atom. The molecule has 2 nitrogen and oxygen atoms in total. The molecule has 2 heteroatoms. The van der Waals surface area contributed by atoms with E-state index in [0.29, 0.717) is 6.42 Å². The first-order chi connectivity index (χ1) is 4.92. The number of ketones is 1. The zero-order valence-corrected chi connectivity index (χ0v) is 7.27. The molecule has 0 bridgehead atoms. The minimum atomic E-state index is -0.788. The molecule has 0 amide bonds. The highest BCUT2D eigenvalue weighted by Crippen LogP contribution is 2.32. The van der Waals surface area contributed by atoms with Gasteiger partial charge in [0.25, 0.3) is 0 Å². The molecule has 0 spiro atoms. The van der Waals surface area contributed by atoms with Gasteiger partial charge in [-0.2, -0.15) is 0 Å². The fraction of sp³-hybridized carbons (Fsp3) is 0.667. The lowest BCUT2D eigenvalue weighted by Crippen LogP contribution is -2.18. The number of carbonyl (C=O) groups is 1. The van der Waals surface area contributed by atoms with Crippen LogP contribution in [-0.4, -0.2) is 16.5 Å². The second kappa shape index (κ2) is 2.45. The number of aliphatic hydroxyl groups is 1. The van der Waals surface area contributed by atoms with Crippen molar-refractivity contribution in [2.24, 2.45) is 0 Å². The Labute approximate surface area is 66.9 Å². The van der Waals surface area contributed by atoms with Crippen molar-refractivity contribution in [3.8, 4) is 0 Å². The van der Waals surface area contributed by atoms with Crippen molar-refractivity contribution in [1.29, 1.82) is 0 Å². The van der Waals surface area contributed by atoms with Crippen molar-refractivity contribution in [1.82, 2.24) is 0 Å². The average Bonchev–Trinajstić information content (AvgIpc) is 2.05. The number of allylic oxidation sites excluding steroid dienone is 1. The van der Waals surface area contributed by atoms with E-state index in [0.717, 1.165) is 11.1 Å². The Balaban J connectivity index is 2.92. The van der Waals surface area contributed by atoms with Crippen molar-refractivity contribution in [2.45, 2.75) is 39.2 Å². The average molecular weight is 154 g/mol. The Kier molecular flexibility index (Phi) is 1.89. The first-order valence-corrected chi connectivity index (χ1v) is 3.84. The third kappa shape index (κ3) is 1.69. The van der Waals surface area contributed by atoms with Crippen LogP contribution in [0.2, 0.25) is 0 Å². The van der Waals surface area contributed by atoms with Gasteiger partial charge in [-0.05, 0) is 26.3 Å². The molecule has 0 aromatic carbocycles. The lowest BCUT2D eigenvalue weighted by atomic mass is 10.0. The van der Waals surface area contributed by atoms with E-state index >= 15 is 0 Å². The smallest absolute Gasteiger partial charge is 0.161 e. The third-order valence-electron chi connectivity index (χ3n) is 2.04. The summed E-state index contributed by atoms with van der Waals surface area (Å²) in [5.41, 5.74) is 1.06. The van der Waals surface area contributed by atoms with Gasteiger partial charge in [-0.15, -0.1) is 0 Å². The summed E-state index contributed by atoms with van der Waals surface area (Å²) in [6.07, 6.45) is 0.807. The van der Waals surface area contributed by atoms with Crippen LogP contribution in [0.4, 0.5) is 0 Å². The van der Waals surface area contributed by atoms with Gasteiger partial charge in [0.05, 0.1) is 5.60 Å². The van der Waals surface area contributed by atoms with Crippen LogP contribution < -0.4 is 0 Å². The van der Waals surface area contributed by atoms with E-state index in [9.17, 15) is 9.90 Å². The molecule has 1 fully saturated rings. The second-order valence-corrected chi connectivity index (χ2v) is 3.75. The molecule has 11 heavy (non-hydrogen) atoms. The van der Waals surface area contributed by atoms with E-state index in [4.69, 9.17) is 0 Å². The van der Waals surface area contributed by atoms with Crippen LogP contribution in [-0.2, 0) is 4.79 Å². The highest BCUT2D eigenvalue weighted by Gasteiger charge is 2.35. The predicted octanol–water partition coefficient (Wildman–Crippen LogP) is 1.44. The molecule has 1 rings (SSSR count). The standard InChI is InChI=1S/C9H14O2/c1-6(2)7-4-9(3,11)5-8(7)10/h11H,4-5H2,1-3H3/t9-/m0/s1. The van der Waals surface area contributed by atoms with Crippen LogP contribution in [0.3, 0.4) is 0 Å². The second-order valence-electron chi connectivity index (χ2n) is 3.75. The van der Waals surface area contributed by atoms with Gasteiger partial charge in [0, 0.05) is 12.8 Å². The van der Waals surface area contributed by atoms with Gasteiger partial charge >= 0.3 is 0 Å². The molecule has 0 aromatic heterocycles. The van der Waals surface area contributed by atoms with Crippen molar-refractivity contribution < 1.29 is 9.90 Å². The van der Waals surface area contributed by atoms with Crippen LogP contribution >= 0.6 is 0 Å². The van der Waals surface area contributed by atoms with Gasteiger partial charge in [0.1, 0.15) is 0 Å². The van der Waals surface area contributed by atoms with Crippen LogP contribution in [0.25, 0.3) is 0 Å². The van der Waals surface area contributed by atoms with Gasteiger partial charge in [0.15, 0.2) is 5.78 Å². The number of carbonyl (C=O) groups excluding carboxylic acids is 1. The summed E-state index contributed by atoms with van der Waals surface area (Å²) in [5, 5.41) is 9.53. The molecular weight excluding hydrogens is 140 g/mol. The molecule has 1 aliphatic rings. The highest BCUT2D eigenvalue weighted by atomic mass is 16.3. The van der Waals surface area contributed by atoms with E-state index in [2.05, 4.69) is 0 Å². The summed E-state index contributed by atoms with van der Waals surface area (Å²) in [6, 6.07) is 0. The number of hydrogen-bond acceptors (Lipinski definition) is 2. The van der Waals surface area contributed by atoms with Gasteiger partial charge < -0.3 is 5.11 Å². The predicted molar refractivity (Wildman–Crippen MR) is 43.2 cm³/mol.